The maximum absolute atomic E-state index is 10.7. The topological polar surface area (TPSA) is 81.5 Å². The number of aliphatic imine (C=N–C) groups is 1. The van der Waals surface area contributed by atoms with Crippen LogP contribution in [-0.2, 0) is 0 Å². The second-order valence-electron chi connectivity index (χ2n) is 8.37. The molecule has 0 aliphatic carbocycles. The zero-order chi connectivity index (χ0) is 21.9. The first-order valence-corrected chi connectivity index (χ1v) is 12.2. The van der Waals surface area contributed by atoms with E-state index in [9.17, 15) is 10.1 Å². The second kappa shape index (κ2) is 17.9. The molecule has 1 aromatic carbocycles. The van der Waals surface area contributed by atoms with Gasteiger partial charge in [-0.15, -0.1) is 0 Å². The van der Waals surface area contributed by atoms with Crippen LogP contribution in [0, 0.1) is 10.1 Å². The van der Waals surface area contributed by atoms with Gasteiger partial charge in [0.1, 0.15) is 5.84 Å². The predicted molar refractivity (Wildman–Crippen MR) is 128 cm³/mol. The fourth-order valence-corrected chi connectivity index (χ4v) is 3.70. The van der Waals surface area contributed by atoms with Crippen LogP contribution < -0.4 is 5.73 Å². The van der Waals surface area contributed by atoms with E-state index >= 15 is 0 Å². The molecule has 5 nitrogen and oxygen atoms in total. The largest absolute Gasteiger partial charge is 0.384 e. The average Bonchev–Trinajstić information content (AvgIpc) is 2.75. The van der Waals surface area contributed by atoms with Crippen molar-refractivity contribution in [2.24, 2.45) is 10.7 Å². The fourth-order valence-electron chi connectivity index (χ4n) is 3.70. The van der Waals surface area contributed by atoms with Crippen molar-refractivity contribution in [2.75, 3.05) is 6.54 Å². The van der Waals surface area contributed by atoms with E-state index in [-0.39, 0.29) is 5.69 Å². The lowest BCUT2D eigenvalue weighted by Crippen LogP contribution is -2.13. The van der Waals surface area contributed by atoms with Crippen LogP contribution in [0.2, 0.25) is 0 Å². The van der Waals surface area contributed by atoms with Crippen molar-refractivity contribution in [3.63, 3.8) is 0 Å². The number of hydrogen-bond donors (Lipinski definition) is 1. The van der Waals surface area contributed by atoms with Gasteiger partial charge in [-0.2, -0.15) is 0 Å². The highest BCUT2D eigenvalue weighted by Gasteiger charge is 2.05. The number of nitro benzene ring substituents is 1. The summed E-state index contributed by atoms with van der Waals surface area (Å²) < 4.78 is 0. The minimum absolute atomic E-state index is 0.0735. The Labute approximate surface area is 183 Å². The van der Waals surface area contributed by atoms with Crippen molar-refractivity contribution in [3.8, 4) is 0 Å². The predicted octanol–water partition coefficient (Wildman–Crippen LogP) is 7.56. The van der Waals surface area contributed by atoms with E-state index in [1.807, 2.05) is 0 Å². The highest BCUT2D eigenvalue weighted by Crippen LogP contribution is 2.14. The molecule has 0 amide bonds. The number of nitro groups is 1. The average molecular weight is 418 g/mol. The van der Waals surface area contributed by atoms with E-state index in [1.165, 1.54) is 108 Å². The smallest absolute Gasteiger partial charge is 0.269 e. The Morgan fingerprint density at radius 1 is 0.767 bits per heavy atom. The van der Waals surface area contributed by atoms with Crippen molar-refractivity contribution in [2.45, 2.75) is 110 Å². The molecule has 0 aromatic heterocycles. The van der Waals surface area contributed by atoms with Gasteiger partial charge >= 0.3 is 0 Å². The van der Waals surface area contributed by atoms with Crippen LogP contribution in [0.1, 0.15) is 115 Å². The first-order valence-electron chi connectivity index (χ1n) is 12.2. The molecule has 0 radical (unpaired) electrons. The highest BCUT2D eigenvalue weighted by molar-refractivity contribution is 5.97. The molecule has 30 heavy (non-hydrogen) atoms. The van der Waals surface area contributed by atoms with E-state index in [2.05, 4.69) is 11.9 Å². The number of rotatable bonds is 19. The Morgan fingerprint density at radius 2 is 1.17 bits per heavy atom. The molecule has 0 spiro atoms. The molecule has 1 aromatic rings. The molecule has 170 valence electrons. The Morgan fingerprint density at radius 3 is 1.57 bits per heavy atom. The SMILES string of the molecule is CCCCCCCCCCCCCCCCCCN=C(N)c1ccc([N+](=O)[O-])cc1. The molecule has 5 heteroatoms. The minimum atomic E-state index is -0.409. The van der Waals surface area contributed by atoms with Gasteiger partial charge < -0.3 is 5.73 Å². The van der Waals surface area contributed by atoms with Gasteiger partial charge in [-0.25, -0.2) is 0 Å². The maximum Gasteiger partial charge on any atom is 0.269 e. The van der Waals surface area contributed by atoms with E-state index in [0.29, 0.717) is 5.84 Å². The normalized spacial score (nSPS) is 11.7. The van der Waals surface area contributed by atoms with Crippen LogP contribution in [0.4, 0.5) is 5.69 Å². The number of amidine groups is 1. The first kappa shape index (κ1) is 26.1. The van der Waals surface area contributed by atoms with Crippen molar-refractivity contribution in [1.29, 1.82) is 0 Å². The first-order chi connectivity index (χ1) is 14.6. The van der Waals surface area contributed by atoms with E-state index in [0.717, 1.165) is 18.5 Å². The van der Waals surface area contributed by atoms with E-state index < -0.39 is 4.92 Å². The molecule has 0 saturated carbocycles. The summed E-state index contributed by atoms with van der Waals surface area (Å²) >= 11 is 0. The van der Waals surface area contributed by atoms with E-state index in [1.54, 1.807) is 12.1 Å². The summed E-state index contributed by atoms with van der Waals surface area (Å²) in [6.07, 6.45) is 21.7. The summed E-state index contributed by atoms with van der Waals surface area (Å²) in [4.78, 5) is 14.7. The molecule has 1 rings (SSSR count). The zero-order valence-electron chi connectivity index (χ0n) is 19.1. The van der Waals surface area contributed by atoms with Gasteiger partial charge in [-0.3, -0.25) is 15.1 Å². The van der Waals surface area contributed by atoms with Crippen molar-refractivity contribution < 1.29 is 4.92 Å². The Balaban J connectivity index is 1.90. The van der Waals surface area contributed by atoms with E-state index in [4.69, 9.17) is 5.73 Å². The number of benzene rings is 1. The van der Waals surface area contributed by atoms with Gasteiger partial charge in [0, 0.05) is 24.2 Å². The Hall–Kier alpha value is -1.91. The molecule has 0 fully saturated rings. The van der Waals surface area contributed by atoms with Crippen molar-refractivity contribution >= 4 is 11.5 Å². The van der Waals surface area contributed by atoms with Gasteiger partial charge in [-0.1, -0.05) is 103 Å². The third-order valence-electron chi connectivity index (χ3n) is 5.67. The summed E-state index contributed by atoms with van der Waals surface area (Å²) in [5.41, 5.74) is 6.79. The maximum atomic E-state index is 10.7. The summed E-state index contributed by atoms with van der Waals surface area (Å²) in [5.74, 6) is 0.464. The molecule has 0 saturated heterocycles. The molecular formula is C25H43N3O2. The molecule has 0 unspecified atom stereocenters. The number of nitrogens with zero attached hydrogens (tertiary/aromatic N) is 2. The van der Waals surface area contributed by atoms with Crippen LogP contribution in [0.3, 0.4) is 0 Å². The quantitative estimate of drug-likeness (QED) is 0.0828. The van der Waals surface area contributed by atoms with Gasteiger partial charge in [0.05, 0.1) is 4.92 Å². The van der Waals surface area contributed by atoms with Gasteiger partial charge in [0.25, 0.3) is 5.69 Å². The Bertz CT molecular complexity index is 585. The lowest BCUT2D eigenvalue weighted by Gasteiger charge is -2.04. The molecule has 0 bridgehead atoms. The third-order valence-corrected chi connectivity index (χ3v) is 5.67. The summed E-state index contributed by atoms with van der Waals surface area (Å²) in [5, 5.41) is 10.7. The zero-order valence-corrected chi connectivity index (χ0v) is 19.1. The fraction of sp³-hybridized carbons (Fsp3) is 0.720. The molecular weight excluding hydrogens is 374 g/mol. The second-order valence-corrected chi connectivity index (χ2v) is 8.37. The number of hydrogen-bond acceptors (Lipinski definition) is 3. The summed E-state index contributed by atoms with van der Waals surface area (Å²) in [6.45, 7) is 3.00. The number of non-ortho nitro benzene ring substituents is 1. The molecule has 2 N–H and O–H groups in total. The lowest BCUT2D eigenvalue weighted by molar-refractivity contribution is -0.384. The Kier molecular flexibility index (Phi) is 15.6. The van der Waals surface area contributed by atoms with Crippen LogP contribution in [0.25, 0.3) is 0 Å². The molecule has 0 atom stereocenters. The van der Waals surface area contributed by atoms with Crippen LogP contribution in [0.5, 0.6) is 0 Å². The highest BCUT2D eigenvalue weighted by atomic mass is 16.6. The van der Waals surface area contributed by atoms with Crippen LogP contribution >= 0.6 is 0 Å². The van der Waals surface area contributed by atoms with Gasteiger partial charge in [0.15, 0.2) is 0 Å². The number of nitrogens with two attached hydrogens (primary N) is 1. The molecule has 0 aliphatic rings. The lowest BCUT2D eigenvalue weighted by atomic mass is 10.0. The van der Waals surface area contributed by atoms with Crippen molar-refractivity contribution in [3.05, 3.63) is 39.9 Å². The third kappa shape index (κ3) is 13.3. The number of unbranched alkanes of at least 4 members (excludes halogenated alkanes) is 15. The van der Waals surface area contributed by atoms with Crippen LogP contribution in [0.15, 0.2) is 29.3 Å². The van der Waals surface area contributed by atoms with Gasteiger partial charge in [0.2, 0.25) is 0 Å². The van der Waals surface area contributed by atoms with Crippen molar-refractivity contribution in [1.82, 2.24) is 0 Å². The van der Waals surface area contributed by atoms with Gasteiger partial charge in [-0.05, 0) is 18.6 Å². The summed E-state index contributed by atoms with van der Waals surface area (Å²) in [7, 11) is 0. The van der Waals surface area contributed by atoms with Crippen LogP contribution in [-0.4, -0.2) is 17.3 Å². The summed E-state index contributed by atoms with van der Waals surface area (Å²) in [6, 6.07) is 6.24. The minimum Gasteiger partial charge on any atom is -0.384 e. The molecule has 0 aliphatic heterocycles. The monoisotopic (exact) mass is 417 g/mol. The molecule has 0 heterocycles. The standard InChI is InChI=1S/C25H43N3O2/c1-2-3-4-5-6-7-8-9-10-11-12-13-14-15-16-17-22-27-25(26)23-18-20-24(21-19-23)28(29)30/h18-21H,2-17,22H2,1H3,(H2,26,27).